The Morgan fingerprint density at radius 3 is 2.37 bits per heavy atom. The van der Waals surface area contributed by atoms with E-state index in [2.05, 4.69) is 27.5 Å². The molecule has 46 heavy (non-hydrogen) atoms. The minimum absolute atomic E-state index is 0.106. The molecule has 4 heterocycles. The van der Waals surface area contributed by atoms with Crippen LogP contribution >= 0.6 is 0 Å². The van der Waals surface area contributed by atoms with Crippen molar-refractivity contribution in [2.45, 2.75) is 62.3 Å². The van der Waals surface area contributed by atoms with Crippen LogP contribution < -0.4 is 15.4 Å². The smallest absolute Gasteiger partial charge is 0.246 e. The number of hydrogen-bond donors (Lipinski definition) is 2. The van der Waals surface area contributed by atoms with Crippen LogP contribution in [0.2, 0.25) is 0 Å². The van der Waals surface area contributed by atoms with Crippen LogP contribution in [0.3, 0.4) is 0 Å². The summed E-state index contributed by atoms with van der Waals surface area (Å²) in [6.07, 6.45) is 9.24. The third kappa shape index (κ3) is 6.06. The van der Waals surface area contributed by atoms with Crippen molar-refractivity contribution in [3.8, 4) is 11.5 Å². The molecule has 5 atom stereocenters. The fraction of sp³-hybridized carbons (Fsp3) is 0.528. The van der Waals surface area contributed by atoms with Gasteiger partial charge in [0.1, 0.15) is 23.1 Å². The monoisotopic (exact) mass is 627 g/mol. The Hall–Kier alpha value is -3.73. The first kappa shape index (κ1) is 30.9. The predicted octanol–water partition coefficient (Wildman–Crippen LogP) is 3.65. The van der Waals surface area contributed by atoms with Gasteiger partial charge in [0.2, 0.25) is 17.7 Å². The van der Waals surface area contributed by atoms with Crippen molar-refractivity contribution in [2.75, 3.05) is 51.6 Å². The number of amides is 3. The number of carbonyl (C=O) groups excluding carboxylic acids is 3. The maximum Gasteiger partial charge on any atom is 0.246 e. The van der Waals surface area contributed by atoms with E-state index in [1.165, 1.54) is 6.42 Å². The van der Waals surface area contributed by atoms with Crippen molar-refractivity contribution in [3.05, 3.63) is 66.7 Å². The fourth-order valence-electron chi connectivity index (χ4n) is 8.03. The second kappa shape index (κ2) is 13.2. The molecule has 244 valence electrons. The Bertz CT molecular complexity index is 1440. The lowest BCUT2D eigenvalue weighted by Crippen LogP contribution is -2.56. The molecule has 2 aromatic carbocycles. The Morgan fingerprint density at radius 1 is 0.913 bits per heavy atom. The lowest BCUT2D eigenvalue weighted by molar-refractivity contribution is -0.141. The maximum absolute atomic E-state index is 14.3. The first-order chi connectivity index (χ1) is 22.4. The van der Waals surface area contributed by atoms with E-state index in [1.54, 1.807) is 29.2 Å². The molecule has 4 aliphatic heterocycles. The average Bonchev–Trinajstić information content (AvgIpc) is 3.71. The van der Waals surface area contributed by atoms with E-state index in [0.29, 0.717) is 18.0 Å². The molecule has 4 fully saturated rings. The first-order valence-corrected chi connectivity index (χ1v) is 16.9. The van der Waals surface area contributed by atoms with E-state index >= 15 is 0 Å². The van der Waals surface area contributed by atoms with Crippen LogP contribution in [-0.4, -0.2) is 103 Å². The van der Waals surface area contributed by atoms with E-state index in [9.17, 15) is 14.4 Å². The van der Waals surface area contributed by atoms with Gasteiger partial charge in [0.15, 0.2) is 0 Å². The number of para-hydroxylation sites is 1. The highest BCUT2D eigenvalue weighted by atomic mass is 16.5. The number of ether oxygens (including phenoxy) is 2. The molecule has 2 bridgehead atoms. The number of rotatable bonds is 10. The first-order valence-electron chi connectivity index (χ1n) is 16.9. The van der Waals surface area contributed by atoms with Gasteiger partial charge in [-0.25, -0.2) is 0 Å². The van der Waals surface area contributed by atoms with Crippen molar-refractivity contribution < 1.29 is 23.9 Å². The largest absolute Gasteiger partial charge is 0.457 e. The number of piperazine rings is 1. The van der Waals surface area contributed by atoms with E-state index in [4.69, 9.17) is 9.47 Å². The predicted molar refractivity (Wildman–Crippen MR) is 174 cm³/mol. The molecule has 10 nitrogen and oxygen atoms in total. The van der Waals surface area contributed by atoms with Gasteiger partial charge < -0.3 is 34.8 Å². The molecular weight excluding hydrogens is 582 g/mol. The Labute approximate surface area is 271 Å². The normalized spacial score (nSPS) is 29.6. The SMILES string of the molecule is CN1CCN(CCCN2C(=O)[C@@H]3[C@H](C(=O)Nc4ccc(Oc5ccccc5)cc4)[C@@H]4C=C[C@@]3(O4)[C@H]2C(=O)NC2CCCCC2)CC1. The zero-order chi connectivity index (χ0) is 31.7. The number of benzene rings is 2. The van der Waals surface area contributed by atoms with E-state index in [1.807, 2.05) is 42.5 Å². The number of likely N-dealkylation sites (N-methyl/N-ethyl adjacent to an activating group) is 1. The van der Waals surface area contributed by atoms with Gasteiger partial charge in [-0.1, -0.05) is 49.6 Å². The average molecular weight is 628 g/mol. The molecule has 2 N–H and O–H groups in total. The van der Waals surface area contributed by atoms with E-state index in [-0.39, 0.29) is 23.8 Å². The van der Waals surface area contributed by atoms with E-state index < -0.39 is 29.6 Å². The van der Waals surface area contributed by atoms with Crippen molar-refractivity contribution in [1.82, 2.24) is 20.0 Å². The van der Waals surface area contributed by atoms with Gasteiger partial charge in [-0.15, -0.1) is 0 Å². The Morgan fingerprint density at radius 2 is 1.63 bits per heavy atom. The van der Waals surface area contributed by atoms with Gasteiger partial charge >= 0.3 is 0 Å². The minimum Gasteiger partial charge on any atom is -0.457 e. The molecular formula is C36H45N5O5. The Balaban J connectivity index is 1.07. The standard InChI is InChI=1S/C36H45N5O5/c1-39-21-23-40(24-22-39)19-8-20-41-32(34(43)38-25-9-4-2-5-10-25)36-18-17-29(46-36)30(31(36)35(41)44)33(42)37-26-13-15-28(16-14-26)45-27-11-6-3-7-12-27/h3,6-7,11-18,25,29-32H,2,4-5,8-10,19-24H2,1H3,(H,37,42)(H,38,43)/t29-,30+,31-,32+,36-/m0/s1. The Kier molecular flexibility index (Phi) is 8.85. The van der Waals surface area contributed by atoms with Crippen molar-refractivity contribution in [2.24, 2.45) is 11.8 Å². The molecule has 1 aliphatic carbocycles. The molecule has 3 amide bonds. The topological polar surface area (TPSA) is 103 Å². The van der Waals surface area contributed by atoms with Crippen molar-refractivity contribution in [1.29, 1.82) is 0 Å². The number of nitrogens with one attached hydrogen (secondary N) is 2. The highest BCUT2D eigenvalue weighted by Gasteiger charge is 2.72. The van der Waals surface area contributed by atoms with Crippen LogP contribution in [0.15, 0.2) is 66.7 Å². The number of hydrogen-bond acceptors (Lipinski definition) is 7. The number of nitrogens with zero attached hydrogens (tertiary/aromatic N) is 3. The molecule has 0 aromatic heterocycles. The van der Waals surface area contributed by atoms with Gasteiger partial charge in [0, 0.05) is 44.5 Å². The molecule has 7 rings (SSSR count). The molecule has 0 unspecified atom stereocenters. The highest BCUT2D eigenvalue weighted by Crippen LogP contribution is 2.55. The van der Waals surface area contributed by atoms with Crippen molar-refractivity contribution in [3.63, 3.8) is 0 Å². The lowest BCUT2D eigenvalue weighted by Gasteiger charge is -2.35. The summed E-state index contributed by atoms with van der Waals surface area (Å²) in [5, 5.41) is 6.29. The second-order valence-electron chi connectivity index (χ2n) is 13.5. The highest BCUT2D eigenvalue weighted by molar-refractivity contribution is 6.02. The quantitative estimate of drug-likeness (QED) is 0.388. The zero-order valence-corrected chi connectivity index (χ0v) is 26.6. The summed E-state index contributed by atoms with van der Waals surface area (Å²) < 4.78 is 12.4. The minimum atomic E-state index is -1.15. The molecule has 10 heteroatoms. The van der Waals surface area contributed by atoms with Crippen LogP contribution in [-0.2, 0) is 19.1 Å². The summed E-state index contributed by atoms with van der Waals surface area (Å²) in [6, 6.07) is 16.0. The van der Waals surface area contributed by atoms with Crippen LogP contribution in [0.25, 0.3) is 0 Å². The molecule has 2 aromatic rings. The van der Waals surface area contributed by atoms with Gasteiger partial charge in [-0.2, -0.15) is 0 Å². The second-order valence-corrected chi connectivity index (χ2v) is 13.5. The molecule has 5 aliphatic rings. The molecule has 0 radical (unpaired) electrons. The summed E-state index contributed by atoms with van der Waals surface area (Å²) in [5.41, 5.74) is -0.545. The van der Waals surface area contributed by atoms with E-state index in [0.717, 1.165) is 70.6 Å². The van der Waals surface area contributed by atoms with Gasteiger partial charge in [-0.3, -0.25) is 14.4 Å². The van der Waals surface area contributed by atoms with Crippen LogP contribution in [0.5, 0.6) is 11.5 Å². The van der Waals surface area contributed by atoms with Crippen molar-refractivity contribution >= 4 is 23.4 Å². The third-order valence-corrected chi connectivity index (χ3v) is 10.4. The third-order valence-electron chi connectivity index (χ3n) is 10.4. The lowest BCUT2D eigenvalue weighted by atomic mass is 9.74. The zero-order valence-electron chi connectivity index (χ0n) is 26.6. The summed E-state index contributed by atoms with van der Waals surface area (Å²) in [4.78, 5) is 48.7. The fourth-order valence-corrected chi connectivity index (χ4v) is 8.03. The number of carbonyl (C=O) groups is 3. The summed E-state index contributed by atoms with van der Waals surface area (Å²) >= 11 is 0. The molecule has 3 saturated heterocycles. The van der Waals surface area contributed by atoms with Crippen LogP contribution in [0, 0.1) is 11.8 Å². The van der Waals surface area contributed by atoms with Crippen LogP contribution in [0.4, 0.5) is 5.69 Å². The summed E-state index contributed by atoms with van der Waals surface area (Å²) in [6.45, 7) is 5.36. The maximum atomic E-state index is 14.3. The molecule has 1 saturated carbocycles. The summed E-state index contributed by atoms with van der Waals surface area (Å²) in [5.74, 6) is -0.718. The van der Waals surface area contributed by atoms with Gasteiger partial charge in [0.05, 0.1) is 17.9 Å². The number of likely N-dealkylation sites (tertiary alicyclic amines) is 1. The molecule has 1 spiro atoms. The van der Waals surface area contributed by atoms with Crippen LogP contribution in [0.1, 0.15) is 38.5 Å². The van der Waals surface area contributed by atoms with Gasteiger partial charge in [-0.05, 0) is 69.3 Å². The number of anilines is 1. The van der Waals surface area contributed by atoms with Gasteiger partial charge in [0.25, 0.3) is 0 Å². The summed E-state index contributed by atoms with van der Waals surface area (Å²) in [7, 11) is 2.14. The number of fused-ring (bicyclic) bond motifs is 1.